The Labute approximate surface area is 129 Å². The number of hydrogen-bond donors (Lipinski definition) is 1. The van der Waals surface area contributed by atoms with Crippen LogP contribution in [0.3, 0.4) is 0 Å². The highest BCUT2D eigenvalue weighted by atomic mass is 79.9. The molecule has 0 radical (unpaired) electrons. The van der Waals surface area contributed by atoms with Crippen molar-refractivity contribution in [3.8, 4) is 0 Å². The Morgan fingerprint density at radius 1 is 1.40 bits per heavy atom. The van der Waals surface area contributed by atoms with Crippen LogP contribution in [0, 0.1) is 5.92 Å². The number of likely N-dealkylation sites (tertiary alicyclic amines) is 1. The Morgan fingerprint density at radius 2 is 2.10 bits per heavy atom. The molecule has 112 valence electrons. The smallest absolute Gasteiger partial charge is 0.267 e. The van der Waals surface area contributed by atoms with E-state index in [1.165, 1.54) is 32.4 Å². The number of aromatic nitrogens is 1. The second-order valence-electron chi connectivity index (χ2n) is 5.83. The van der Waals surface area contributed by atoms with Gasteiger partial charge in [0, 0.05) is 30.8 Å². The predicted molar refractivity (Wildman–Crippen MR) is 84.9 cm³/mol. The number of hydrogen-bond acceptors (Lipinski definition) is 2. The summed E-state index contributed by atoms with van der Waals surface area (Å²) >= 11 is 3.39. The predicted octanol–water partition coefficient (Wildman–Crippen LogP) is 2.64. The maximum absolute atomic E-state index is 12.1. The SMILES string of the molecule is CC(CNC(=O)c1cc(Br)cn1C)CN1CCCCC1. The molecule has 1 unspecified atom stereocenters. The van der Waals surface area contributed by atoms with Crippen molar-refractivity contribution >= 4 is 21.8 Å². The number of piperidine rings is 1. The third-order valence-electron chi connectivity index (χ3n) is 3.83. The first kappa shape index (κ1) is 15.6. The van der Waals surface area contributed by atoms with Crippen LogP contribution in [-0.4, -0.2) is 41.6 Å². The van der Waals surface area contributed by atoms with E-state index >= 15 is 0 Å². The third-order valence-corrected chi connectivity index (χ3v) is 4.27. The zero-order valence-corrected chi connectivity index (χ0v) is 13.9. The van der Waals surface area contributed by atoms with Crippen LogP contribution >= 0.6 is 15.9 Å². The van der Waals surface area contributed by atoms with Gasteiger partial charge in [0.1, 0.15) is 5.69 Å². The second-order valence-corrected chi connectivity index (χ2v) is 6.75. The molecule has 0 bridgehead atoms. The summed E-state index contributed by atoms with van der Waals surface area (Å²) in [5, 5.41) is 3.04. The number of nitrogens with zero attached hydrogens (tertiary/aromatic N) is 2. The Kier molecular flexibility index (Phi) is 5.66. The molecule has 1 aliphatic heterocycles. The van der Waals surface area contributed by atoms with Crippen LogP contribution in [0.5, 0.6) is 0 Å². The van der Waals surface area contributed by atoms with Crippen molar-refractivity contribution in [1.29, 1.82) is 0 Å². The molecule has 1 aromatic rings. The van der Waals surface area contributed by atoms with E-state index in [0.717, 1.165) is 17.6 Å². The molecule has 1 N–H and O–H groups in total. The van der Waals surface area contributed by atoms with Gasteiger partial charge in [-0.3, -0.25) is 4.79 Å². The van der Waals surface area contributed by atoms with Gasteiger partial charge in [-0.1, -0.05) is 13.3 Å². The van der Waals surface area contributed by atoms with Crippen molar-refractivity contribution in [2.45, 2.75) is 26.2 Å². The zero-order chi connectivity index (χ0) is 14.5. The molecule has 2 rings (SSSR count). The van der Waals surface area contributed by atoms with Gasteiger partial charge in [0.2, 0.25) is 0 Å². The lowest BCUT2D eigenvalue weighted by Crippen LogP contribution is -2.38. The van der Waals surface area contributed by atoms with E-state index in [1.54, 1.807) is 0 Å². The van der Waals surface area contributed by atoms with E-state index in [1.807, 2.05) is 23.9 Å². The molecule has 1 atom stereocenters. The van der Waals surface area contributed by atoms with Gasteiger partial charge in [-0.05, 0) is 53.8 Å². The molecule has 0 spiro atoms. The molecule has 2 heterocycles. The van der Waals surface area contributed by atoms with Crippen molar-refractivity contribution in [3.05, 3.63) is 22.4 Å². The summed E-state index contributed by atoms with van der Waals surface area (Å²) in [6, 6.07) is 1.85. The minimum absolute atomic E-state index is 0.00342. The van der Waals surface area contributed by atoms with Crippen LogP contribution in [0.2, 0.25) is 0 Å². The maximum atomic E-state index is 12.1. The molecule has 4 nitrogen and oxygen atoms in total. The van der Waals surface area contributed by atoms with Crippen LogP contribution < -0.4 is 5.32 Å². The first-order valence-corrected chi connectivity index (χ1v) is 8.18. The van der Waals surface area contributed by atoms with Crippen LogP contribution in [-0.2, 0) is 7.05 Å². The lowest BCUT2D eigenvalue weighted by molar-refractivity contribution is 0.0934. The molecule has 20 heavy (non-hydrogen) atoms. The van der Waals surface area contributed by atoms with Gasteiger partial charge in [0.15, 0.2) is 0 Å². The lowest BCUT2D eigenvalue weighted by atomic mass is 10.1. The number of halogens is 1. The molecule has 0 aromatic carbocycles. The van der Waals surface area contributed by atoms with Gasteiger partial charge >= 0.3 is 0 Å². The number of nitrogens with one attached hydrogen (secondary N) is 1. The van der Waals surface area contributed by atoms with Crippen molar-refractivity contribution in [2.75, 3.05) is 26.2 Å². The molecule has 5 heteroatoms. The Bertz CT molecular complexity index is 452. The second kappa shape index (κ2) is 7.27. The molecule has 1 saturated heterocycles. The highest BCUT2D eigenvalue weighted by Gasteiger charge is 2.15. The highest BCUT2D eigenvalue weighted by molar-refractivity contribution is 9.10. The van der Waals surface area contributed by atoms with Gasteiger partial charge in [0.25, 0.3) is 5.91 Å². The molecule has 1 fully saturated rings. The van der Waals surface area contributed by atoms with E-state index in [0.29, 0.717) is 11.6 Å². The van der Waals surface area contributed by atoms with Gasteiger partial charge in [-0.15, -0.1) is 0 Å². The maximum Gasteiger partial charge on any atom is 0.267 e. The Hall–Kier alpha value is -0.810. The van der Waals surface area contributed by atoms with Crippen LogP contribution in [0.1, 0.15) is 36.7 Å². The van der Waals surface area contributed by atoms with E-state index < -0.39 is 0 Å². The van der Waals surface area contributed by atoms with Crippen LogP contribution in [0.15, 0.2) is 16.7 Å². The van der Waals surface area contributed by atoms with E-state index in [4.69, 9.17) is 0 Å². The standard InChI is InChI=1S/C15H24BrN3O/c1-12(10-19-6-4-3-5-7-19)9-17-15(20)14-8-13(16)11-18(14)2/h8,11-12H,3-7,9-10H2,1-2H3,(H,17,20). The van der Waals surface area contributed by atoms with Crippen molar-refractivity contribution in [3.63, 3.8) is 0 Å². The fourth-order valence-corrected chi connectivity index (χ4v) is 3.28. The van der Waals surface area contributed by atoms with E-state index in [-0.39, 0.29) is 5.91 Å². The Morgan fingerprint density at radius 3 is 2.70 bits per heavy atom. The number of carbonyl (C=O) groups is 1. The van der Waals surface area contributed by atoms with Crippen molar-refractivity contribution < 1.29 is 4.79 Å². The van der Waals surface area contributed by atoms with E-state index in [9.17, 15) is 4.79 Å². The topological polar surface area (TPSA) is 37.3 Å². The van der Waals surface area contributed by atoms with Crippen molar-refractivity contribution in [1.82, 2.24) is 14.8 Å². The molecule has 1 aromatic heterocycles. The average molecular weight is 342 g/mol. The first-order valence-electron chi connectivity index (χ1n) is 7.38. The first-order chi connectivity index (χ1) is 9.56. The molecular weight excluding hydrogens is 318 g/mol. The summed E-state index contributed by atoms with van der Waals surface area (Å²) in [6.07, 6.45) is 5.89. The number of carbonyl (C=O) groups excluding carboxylic acids is 1. The minimum atomic E-state index is 0.00342. The summed E-state index contributed by atoms with van der Waals surface area (Å²) in [5.74, 6) is 0.490. The average Bonchev–Trinajstić information content (AvgIpc) is 2.76. The number of rotatable bonds is 5. The summed E-state index contributed by atoms with van der Waals surface area (Å²) in [6.45, 7) is 6.44. The normalized spacial score (nSPS) is 17.9. The third kappa shape index (κ3) is 4.35. The fourth-order valence-electron chi connectivity index (χ4n) is 2.75. The molecule has 1 aliphatic rings. The van der Waals surface area contributed by atoms with Gasteiger partial charge < -0.3 is 14.8 Å². The number of aryl methyl sites for hydroxylation is 1. The fraction of sp³-hybridized carbons (Fsp3) is 0.667. The van der Waals surface area contributed by atoms with E-state index in [2.05, 4.69) is 33.1 Å². The summed E-state index contributed by atoms with van der Waals surface area (Å²) in [7, 11) is 1.89. The lowest BCUT2D eigenvalue weighted by Gasteiger charge is -2.29. The van der Waals surface area contributed by atoms with Gasteiger partial charge in [-0.25, -0.2) is 0 Å². The number of amides is 1. The highest BCUT2D eigenvalue weighted by Crippen LogP contribution is 2.14. The summed E-state index contributed by atoms with van der Waals surface area (Å²) in [5.41, 5.74) is 0.696. The Balaban J connectivity index is 1.76. The molecular formula is C15H24BrN3O. The summed E-state index contributed by atoms with van der Waals surface area (Å²) in [4.78, 5) is 14.6. The van der Waals surface area contributed by atoms with Gasteiger partial charge in [0.05, 0.1) is 0 Å². The quantitative estimate of drug-likeness (QED) is 0.893. The minimum Gasteiger partial charge on any atom is -0.350 e. The van der Waals surface area contributed by atoms with Crippen molar-refractivity contribution in [2.24, 2.45) is 13.0 Å². The van der Waals surface area contributed by atoms with Gasteiger partial charge in [-0.2, -0.15) is 0 Å². The monoisotopic (exact) mass is 341 g/mol. The summed E-state index contributed by atoms with van der Waals surface area (Å²) < 4.78 is 2.78. The molecule has 0 saturated carbocycles. The van der Waals surface area contributed by atoms with Crippen LogP contribution in [0.25, 0.3) is 0 Å². The molecule has 0 aliphatic carbocycles. The largest absolute Gasteiger partial charge is 0.350 e. The van der Waals surface area contributed by atoms with Crippen LogP contribution in [0.4, 0.5) is 0 Å². The zero-order valence-electron chi connectivity index (χ0n) is 12.4. The molecule has 1 amide bonds.